The summed E-state index contributed by atoms with van der Waals surface area (Å²) in [6.45, 7) is 2.14. The molecule has 1 radical (unpaired) electrons. The molecule has 1 aliphatic heterocycles. The summed E-state index contributed by atoms with van der Waals surface area (Å²) >= 11 is 1.34. The fourth-order valence-corrected chi connectivity index (χ4v) is 4.02. The SMILES string of the molecule is O=Cc1[c]c(F)cc(C(=O)Nc2ncc(-c3cccc(N4CCCC4)c3)s2)c1. The maximum absolute atomic E-state index is 13.5. The molecule has 0 spiro atoms. The molecule has 0 unspecified atom stereocenters. The molecule has 1 aliphatic rings. The second kappa shape index (κ2) is 7.90. The molecule has 0 bridgehead atoms. The molecule has 28 heavy (non-hydrogen) atoms. The molecule has 1 fully saturated rings. The summed E-state index contributed by atoms with van der Waals surface area (Å²) in [5.41, 5.74) is 2.26. The zero-order chi connectivity index (χ0) is 19.5. The number of hydrogen-bond donors (Lipinski definition) is 1. The number of anilines is 2. The van der Waals surface area contributed by atoms with Gasteiger partial charge < -0.3 is 4.90 Å². The van der Waals surface area contributed by atoms with E-state index in [2.05, 4.69) is 33.4 Å². The lowest BCUT2D eigenvalue weighted by molar-refractivity contribution is 0.102. The smallest absolute Gasteiger partial charge is 0.257 e. The van der Waals surface area contributed by atoms with Crippen LogP contribution in [0.1, 0.15) is 33.6 Å². The molecule has 1 amide bonds. The van der Waals surface area contributed by atoms with E-state index in [1.54, 1.807) is 6.20 Å². The van der Waals surface area contributed by atoms with Crippen LogP contribution < -0.4 is 10.2 Å². The van der Waals surface area contributed by atoms with E-state index >= 15 is 0 Å². The van der Waals surface area contributed by atoms with E-state index in [0.29, 0.717) is 11.4 Å². The third-order valence-corrected chi connectivity index (χ3v) is 5.54. The van der Waals surface area contributed by atoms with Crippen molar-refractivity contribution in [3.8, 4) is 10.4 Å². The van der Waals surface area contributed by atoms with Crippen LogP contribution >= 0.6 is 11.3 Å². The molecule has 2 heterocycles. The molecule has 141 valence electrons. The van der Waals surface area contributed by atoms with Gasteiger partial charge in [0.15, 0.2) is 11.4 Å². The normalized spacial score (nSPS) is 13.5. The highest BCUT2D eigenvalue weighted by atomic mass is 32.1. The molecule has 1 saturated heterocycles. The average Bonchev–Trinajstić information content (AvgIpc) is 3.40. The Kier molecular flexibility index (Phi) is 5.16. The third kappa shape index (κ3) is 3.94. The maximum Gasteiger partial charge on any atom is 0.257 e. The van der Waals surface area contributed by atoms with Crippen LogP contribution in [-0.4, -0.2) is 30.3 Å². The number of rotatable bonds is 5. The summed E-state index contributed by atoms with van der Waals surface area (Å²) in [6.07, 6.45) is 4.59. The van der Waals surface area contributed by atoms with Crippen LogP contribution in [0.3, 0.4) is 0 Å². The van der Waals surface area contributed by atoms with Gasteiger partial charge in [-0.25, -0.2) is 9.37 Å². The van der Waals surface area contributed by atoms with Gasteiger partial charge in [0.25, 0.3) is 5.91 Å². The first-order valence-electron chi connectivity index (χ1n) is 8.93. The Bertz CT molecular complexity index is 1030. The van der Waals surface area contributed by atoms with E-state index < -0.39 is 11.7 Å². The minimum Gasteiger partial charge on any atom is -0.372 e. The molecule has 1 aromatic heterocycles. The number of hydrogen-bond acceptors (Lipinski definition) is 5. The molecule has 3 aromatic rings. The molecule has 0 saturated carbocycles. The largest absolute Gasteiger partial charge is 0.372 e. The molecule has 0 aliphatic carbocycles. The summed E-state index contributed by atoms with van der Waals surface area (Å²) in [4.78, 5) is 30.7. The molecular formula is C21H17FN3O2S. The van der Waals surface area contributed by atoms with Gasteiger partial charge in [-0.2, -0.15) is 0 Å². The first kappa shape index (κ1) is 18.3. The Morgan fingerprint density at radius 2 is 2.07 bits per heavy atom. The predicted octanol–water partition coefficient (Wildman–Crippen LogP) is 4.41. The van der Waals surface area contributed by atoms with Crippen molar-refractivity contribution in [3.05, 3.63) is 65.6 Å². The fourth-order valence-electron chi connectivity index (χ4n) is 3.22. The van der Waals surface area contributed by atoms with Crippen LogP contribution in [0, 0.1) is 11.9 Å². The van der Waals surface area contributed by atoms with Gasteiger partial charge in [-0.1, -0.05) is 23.5 Å². The number of halogens is 1. The summed E-state index contributed by atoms with van der Waals surface area (Å²) < 4.78 is 13.5. The monoisotopic (exact) mass is 394 g/mol. The Hall–Kier alpha value is -3.06. The minimum absolute atomic E-state index is 0.0105. The van der Waals surface area contributed by atoms with E-state index in [1.165, 1.54) is 35.9 Å². The molecule has 5 nitrogen and oxygen atoms in total. The van der Waals surface area contributed by atoms with E-state index in [4.69, 9.17) is 0 Å². The van der Waals surface area contributed by atoms with Crippen molar-refractivity contribution in [3.63, 3.8) is 0 Å². The molecule has 4 rings (SSSR count). The van der Waals surface area contributed by atoms with Gasteiger partial charge in [-0.05, 0) is 42.7 Å². The lowest BCUT2D eigenvalue weighted by Gasteiger charge is -2.18. The number of aromatic nitrogens is 1. The van der Waals surface area contributed by atoms with Gasteiger partial charge in [0.05, 0.1) is 4.88 Å². The summed E-state index contributed by atoms with van der Waals surface area (Å²) in [6, 6.07) is 12.8. The third-order valence-electron chi connectivity index (χ3n) is 4.57. The Balaban J connectivity index is 1.52. The van der Waals surface area contributed by atoms with Crippen LogP contribution in [0.4, 0.5) is 15.2 Å². The summed E-state index contributed by atoms with van der Waals surface area (Å²) in [5, 5.41) is 3.07. The number of amides is 1. The number of aldehydes is 1. The van der Waals surface area contributed by atoms with Gasteiger partial charge in [0.2, 0.25) is 0 Å². The van der Waals surface area contributed by atoms with Gasteiger partial charge in [-0.15, -0.1) is 0 Å². The predicted molar refractivity (Wildman–Crippen MR) is 108 cm³/mol. The number of nitrogens with one attached hydrogen (secondary N) is 1. The Morgan fingerprint density at radius 1 is 1.25 bits per heavy atom. The highest BCUT2D eigenvalue weighted by Crippen LogP contribution is 2.32. The van der Waals surface area contributed by atoms with Crippen LogP contribution in [-0.2, 0) is 0 Å². The first-order valence-corrected chi connectivity index (χ1v) is 9.74. The van der Waals surface area contributed by atoms with E-state index in [1.807, 2.05) is 12.1 Å². The zero-order valence-electron chi connectivity index (χ0n) is 14.9. The molecule has 2 aromatic carbocycles. The Labute approximate surface area is 165 Å². The standard InChI is InChI=1S/C21H17FN3O2S/c22-17-9-14(13-26)8-16(10-17)20(27)24-21-23-12-19(28-21)15-4-3-5-18(11-15)25-6-1-2-7-25/h3-5,8,10-13H,1-2,6-7H2,(H,23,24,27). The van der Waals surface area contributed by atoms with Crippen LogP contribution in [0.15, 0.2) is 42.6 Å². The highest BCUT2D eigenvalue weighted by molar-refractivity contribution is 7.19. The second-order valence-electron chi connectivity index (χ2n) is 6.52. The number of carbonyl (C=O) groups excluding carboxylic acids is 2. The molecule has 0 atom stereocenters. The number of thiazole rings is 1. The van der Waals surface area contributed by atoms with Gasteiger partial charge in [0, 0.05) is 42.2 Å². The van der Waals surface area contributed by atoms with Crippen LogP contribution in [0.5, 0.6) is 0 Å². The average molecular weight is 394 g/mol. The summed E-state index contributed by atoms with van der Waals surface area (Å²) in [5.74, 6) is -1.28. The topological polar surface area (TPSA) is 62.3 Å². The van der Waals surface area contributed by atoms with Crippen molar-refractivity contribution < 1.29 is 14.0 Å². The van der Waals surface area contributed by atoms with E-state index in [0.717, 1.165) is 29.6 Å². The quantitative estimate of drug-likeness (QED) is 0.651. The van der Waals surface area contributed by atoms with Crippen molar-refractivity contribution in [1.82, 2.24) is 4.98 Å². The fraction of sp³-hybridized carbons (Fsp3) is 0.190. The first-order chi connectivity index (χ1) is 13.6. The lowest BCUT2D eigenvalue weighted by Crippen LogP contribution is -2.17. The van der Waals surface area contributed by atoms with Crippen molar-refractivity contribution in [1.29, 1.82) is 0 Å². The lowest BCUT2D eigenvalue weighted by atomic mass is 10.1. The van der Waals surface area contributed by atoms with Gasteiger partial charge >= 0.3 is 0 Å². The van der Waals surface area contributed by atoms with E-state index in [9.17, 15) is 14.0 Å². The van der Waals surface area contributed by atoms with Crippen molar-refractivity contribution in [2.75, 3.05) is 23.3 Å². The van der Waals surface area contributed by atoms with Crippen molar-refractivity contribution in [2.45, 2.75) is 12.8 Å². The molecule has 7 heteroatoms. The molecule has 1 N–H and O–H groups in total. The van der Waals surface area contributed by atoms with Crippen LogP contribution in [0.2, 0.25) is 0 Å². The zero-order valence-corrected chi connectivity index (χ0v) is 15.8. The minimum atomic E-state index is -0.756. The van der Waals surface area contributed by atoms with Crippen LogP contribution in [0.25, 0.3) is 10.4 Å². The highest BCUT2D eigenvalue weighted by Gasteiger charge is 2.15. The van der Waals surface area contributed by atoms with E-state index in [-0.39, 0.29) is 11.1 Å². The van der Waals surface area contributed by atoms with Gasteiger partial charge in [0.1, 0.15) is 5.82 Å². The number of nitrogens with zero attached hydrogens (tertiary/aromatic N) is 2. The Morgan fingerprint density at radius 3 is 2.86 bits per heavy atom. The summed E-state index contributed by atoms with van der Waals surface area (Å²) in [7, 11) is 0. The second-order valence-corrected chi connectivity index (χ2v) is 7.55. The molecular weight excluding hydrogens is 377 g/mol. The maximum atomic E-state index is 13.5. The van der Waals surface area contributed by atoms with Crippen molar-refractivity contribution >= 4 is 34.3 Å². The number of benzene rings is 2. The number of carbonyl (C=O) groups is 2. The van der Waals surface area contributed by atoms with Crippen molar-refractivity contribution in [2.24, 2.45) is 0 Å². The van der Waals surface area contributed by atoms with Gasteiger partial charge in [-0.3, -0.25) is 14.9 Å².